The van der Waals surface area contributed by atoms with Crippen LogP contribution in [0.2, 0.25) is 22.7 Å². The molecule has 0 spiro atoms. The largest absolute Gasteiger partial charge is 1.00 e. The molecule has 0 aromatic carbocycles. The van der Waals surface area contributed by atoms with Crippen LogP contribution in [0.3, 0.4) is 0 Å². The predicted molar refractivity (Wildman–Crippen MR) is 153 cm³/mol. The van der Waals surface area contributed by atoms with Gasteiger partial charge in [-0.1, -0.05) is 148 Å². The van der Waals surface area contributed by atoms with Gasteiger partial charge in [0.1, 0.15) is 0 Å². The van der Waals surface area contributed by atoms with Crippen molar-refractivity contribution in [1.82, 2.24) is 0 Å². The number of unbranched alkanes of at least 4 members (excludes halogenated alkanes) is 13. The van der Waals surface area contributed by atoms with Gasteiger partial charge in [-0.05, 0) is 19.3 Å². The van der Waals surface area contributed by atoms with Crippen LogP contribution in [0.1, 0.15) is 145 Å². The van der Waals surface area contributed by atoms with Gasteiger partial charge in [0.05, 0.1) is 35.3 Å². The van der Waals surface area contributed by atoms with Crippen molar-refractivity contribution in [2.24, 2.45) is 0 Å². The third-order valence-electron chi connectivity index (χ3n) is 8.71. The molecule has 0 aliphatic heterocycles. The molecule has 0 N–H and O–H groups in total. The first-order valence-electron chi connectivity index (χ1n) is 14.9. The van der Waals surface area contributed by atoms with E-state index in [1.165, 1.54) is 120 Å². The van der Waals surface area contributed by atoms with Crippen LogP contribution in [-0.2, 0) is 0 Å². The molecule has 0 atom stereocenters. The average molecular weight is 549 g/mol. The molecule has 0 amide bonds. The minimum absolute atomic E-state index is 0. The molecule has 0 radical (unpaired) electrons. The molecule has 0 unspecified atom stereocenters. The van der Waals surface area contributed by atoms with Gasteiger partial charge < -0.3 is 21.5 Å². The molecule has 0 saturated heterocycles. The van der Waals surface area contributed by atoms with Gasteiger partial charge in [0, 0.05) is 0 Å². The maximum absolute atomic E-state index is 2.51. The van der Waals surface area contributed by atoms with Gasteiger partial charge in [-0.3, -0.25) is 0 Å². The van der Waals surface area contributed by atoms with Crippen LogP contribution in [0.15, 0.2) is 0 Å². The zero-order valence-electron chi connectivity index (χ0n) is 24.8. The highest BCUT2D eigenvalue weighted by Gasteiger charge is 2.42. The second-order valence-electron chi connectivity index (χ2n) is 12.7. The summed E-state index contributed by atoms with van der Waals surface area (Å²) in [5.41, 5.74) is 2.72. The minimum Gasteiger partial charge on any atom is -1.00 e. The summed E-state index contributed by atoms with van der Waals surface area (Å²) in [7, 11) is 3.74. The molecule has 0 aliphatic carbocycles. The Labute approximate surface area is 223 Å². The molecule has 0 aliphatic rings. The highest BCUT2D eigenvalue weighted by molar-refractivity contribution is 6.83. The van der Waals surface area contributed by atoms with Crippen molar-refractivity contribution in [2.75, 3.05) is 27.2 Å². The standard InChI is InChI=1S/C30H66NSi.BrH/c1-10-11-12-13-14-15-16-17-18-19-20-21-22-23-25-31(8,9)26-24-27-32(28(2)3,29(4)5)30(6)7;/h28-30H,10-27H2,1-9H3;1H/q+1;/p-1. The Balaban J connectivity index is 0. The molecule has 3 heteroatoms. The molecule has 33 heavy (non-hydrogen) atoms. The van der Waals surface area contributed by atoms with E-state index in [4.69, 9.17) is 0 Å². The van der Waals surface area contributed by atoms with Crippen molar-refractivity contribution in [3.05, 3.63) is 0 Å². The molecular formula is C30H66BrNSi. The third kappa shape index (κ3) is 16.1. The van der Waals surface area contributed by atoms with Crippen LogP contribution in [0.5, 0.6) is 0 Å². The molecular weight excluding hydrogens is 482 g/mol. The Morgan fingerprint density at radius 1 is 0.485 bits per heavy atom. The molecule has 0 aromatic rings. The number of hydrogen-bond donors (Lipinski definition) is 0. The lowest BCUT2D eigenvalue weighted by atomic mass is 10.0. The number of rotatable bonds is 22. The topological polar surface area (TPSA) is 0 Å². The van der Waals surface area contributed by atoms with Crippen LogP contribution in [0, 0.1) is 0 Å². The second kappa shape index (κ2) is 20.8. The fourth-order valence-corrected chi connectivity index (χ4v) is 13.0. The van der Waals surface area contributed by atoms with Crippen molar-refractivity contribution < 1.29 is 21.5 Å². The predicted octanol–water partition coefficient (Wildman–Crippen LogP) is 7.62. The smallest absolute Gasteiger partial charge is 0.0782 e. The summed E-state index contributed by atoms with van der Waals surface area (Å²) in [4.78, 5) is 0. The average Bonchev–Trinajstić information content (AvgIpc) is 2.70. The lowest BCUT2D eigenvalue weighted by Crippen LogP contribution is -3.00. The van der Waals surface area contributed by atoms with Crippen molar-refractivity contribution >= 4 is 8.07 Å². The number of halogens is 1. The fourth-order valence-electron chi connectivity index (χ4n) is 6.53. The van der Waals surface area contributed by atoms with E-state index in [1.54, 1.807) is 0 Å². The Bertz CT molecular complexity index is 398. The van der Waals surface area contributed by atoms with Gasteiger partial charge in [0.2, 0.25) is 0 Å². The number of nitrogens with zero attached hydrogens (tertiary/aromatic N) is 1. The zero-order valence-corrected chi connectivity index (χ0v) is 27.4. The van der Waals surface area contributed by atoms with E-state index in [9.17, 15) is 0 Å². The summed E-state index contributed by atoms with van der Waals surface area (Å²) >= 11 is 0. The molecule has 0 rings (SSSR count). The van der Waals surface area contributed by atoms with E-state index >= 15 is 0 Å². The van der Waals surface area contributed by atoms with E-state index in [0.717, 1.165) is 16.6 Å². The molecule has 0 fully saturated rings. The van der Waals surface area contributed by atoms with E-state index < -0.39 is 8.07 Å². The summed E-state index contributed by atoms with van der Waals surface area (Å²) < 4.78 is 1.23. The third-order valence-corrected chi connectivity index (χ3v) is 16.4. The lowest BCUT2D eigenvalue weighted by molar-refractivity contribution is -0.890. The lowest BCUT2D eigenvalue weighted by Gasteiger charge is -2.44. The Kier molecular flexibility index (Phi) is 22.6. The van der Waals surface area contributed by atoms with Gasteiger partial charge in [0.15, 0.2) is 0 Å². The van der Waals surface area contributed by atoms with Gasteiger partial charge in [-0.25, -0.2) is 0 Å². The summed E-state index contributed by atoms with van der Waals surface area (Å²) in [6.45, 7) is 20.1. The first kappa shape index (κ1) is 35.8. The molecule has 0 saturated carbocycles. The van der Waals surface area contributed by atoms with Crippen LogP contribution in [0.4, 0.5) is 0 Å². The van der Waals surface area contributed by atoms with Gasteiger partial charge in [0.25, 0.3) is 0 Å². The molecule has 0 aromatic heterocycles. The van der Waals surface area contributed by atoms with Crippen molar-refractivity contribution in [2.45, 2.75) is 167 Å². The summed E-state index contributed by atoms with van der Waals surface area (Å²) in [6, 6.07) is 1.53. The van der Waals surface area contributed by atoms with Gasteiger partial charge in [-0.2, -0.15) is 0 Å². The summed E-state index contributed by atoms with van der Waals surface area (Å²) in [6.07, 6.45) is 21.8. The van der Waals surface area contributed by atoms with Crippen molar-refractivity contribution in [3.8, 4) is 0 Å². The maximum atomic E-state index is 2.51. The van der Waals surface area contributed by atoms with E-state index in [1.807, 2.05) is 0 Å². The number of hydrogen-bond acceptors (Lipinski definition) is 0. The summed E-state index contributed by atoms with van der Waals surface area (Å²) in [5, 5.41) is 0. The monoisotopic (exact) mass is 547 g/mol. The Morgan fingerprint density at radius 2 is 0.788 bits per heavy atom. The van der Waals surface area contributed by atoms with Gasteiger partial charge in [-0.15, -0.1) is 0 Å². The first-order chi connectivity index (χ1) is 15.1. The van der Waals surface area contributed by atoms with Crippen molar-refractivity contribution in [3.63, 3.8) is 0 Å². The molecule has 1 nitrogen and oxygen atoms in total. The van der Waals surface area contributed by atoms with Gasteiger partial charge >= 0.3 is 0 Å². The van der Waals surface area contributed by atoms with Crippen LogP contribution >= 0.6 is 0 Å². The number of quaternary nitrogens is 1. The minimum atomic E-state index is -1.21. The quantitative estimate of drug-likeness (QED) is 0.0742. The second-order valence-corrected chi connectivity index (χ2v) is 18.8. The van der Waals surface area contributed by atoms with Crippen LogP contribution in [0.25, 0.3) is 0 Å². The van der Waals surface area contributed by atoms with E-state index in [-0.39, 0.29) is 17.0 Å². The highest BCUT2D eigenvalue weighted by Crippen LogP contribution is 2.45. The maximum Gasteiger partial charge on any atom is 0.0782 e. The SMILES string of the molecule is CCCCCCCCCCCCCCCC[N+](C)(C)CCC[Si](C(C)C)(C(C)C)C(C)C.[Br-]. The fraction of sp³-hybridized carbons (Fsp3) is 1.00. The van der Waals surface area contributed by atoms with Crippen LogP contribution < -0.4 is 17.0 Å². The first-order valence-corrected chi connectivity index (χ1v) is 17.4. The van der Waals surface area contributed by atoms with Crippen molar-refractivity contribution in [1.29, 1.82) is 0 Å². The zero-order chi connectivity index (χ0) is 24.5. The molecule has 0 heterocycles. The van der Waals surface area contributed by atoms with E-state index in [2.05, 4.69) is 62.6 Å². The molecule has 202 valence electrons. The normalized spacial score (nSPS) is 12.7. The van der Waals surface area contributed by atoms with E-state index in [0.29, 0.717) is 0 Å². The Morgan fingerprint density at radius 3 is 1.12 bits per heavy atom. The Hall–Kier alpha value is 0.657. The molecule has 0 bridgehead atoms. The highest BCUT2D eigenvalue weighted by atomic mass is 79.9. The van der Waals surface area contributed by atoms with Crippen LogP contribution in [-0.4, -0.2) is 39.7 Å². The summed E-state index contributed by atoms with van der Waals surface area (Å²) in [5.74, 6) is 0.